The van der Waals surface area contributed by atoms with Crippen LogP contribution in [-0.4, -0.2) is 37.4 Å². The molecule has 3 rings (SSSR count). The molecule has 0 aliphatic carbocycles. The highest BCUT2D eigenvalue weighted by Crippen LogP contribution is 2.21. The molecule has 0 atom stereocenters. The molecule has 1 amide bonds. The monoisotopic (exact) mass is 463 g/mol. The van der Waals surface area contributed by atoms with Crippen molar-refractivity contribution in [1.82, 2.24) is 24.5 Å². The van der Waals surface area contributed by atoms with Crippen molar-refractivity contribution in [2.45, 2.75) is 40.4 Å². The Kier molecular flexibility index (Phi) is 6.25. The number of carbonyl (C=O) groups excluding carboxylic acids is 1. The highest BCUT2D eigenvalue weighted by molar-refractivity contribution is 9.10. The number of benzene rings is 1. The Bertz CT molecular complexity index is 1010. The molecule has 3 aromatic rings. The summed E-state index contributed by atoms with van der Waals surface area (Å²) in [5, 5.41) is 9.46. The number of carbonyl (C=O) groups is 1. The van der Waals surface area contributed by atoms with Crippen molar-refractivity contribution in [2.75, 3.05) is 7.05 Å². The Labute approximate surface area is 178 Å². The SMILES string of the molecule is CCn1ncc(Br)c1CN(C)C(=O)c1cccc(Cn2nc(C)c(Cl)c2C)c1. The first kappa shape index (κ1) is 20.6. The summed E-state index contributed by atoms with van der Waals surface area (Å²) in [5.74, 6) is -0.0380. The molecule has 148 valence electrons. The first-order valence-corrected chi connectivity index (χ1v) is 10.2. The van der Waals surface area contributed by atoms with Gasteiger partial charge in [0.1, 0.15) is 0 Å². The number of aryl methyl sites for hydroxylation is 2. The van der Waals surface area contributed by atoms with E-state index in [0.717, 1.165) is 33.7 Å². The van der Waals surface area contributed by atoms with Gasteiger partial charge in [0, 0.05) is 19.2 Å². The summed E-state index contributed by atoms with van der Waals surface area (Å²) >= 11 is 9.75. The zero-order valence-electron chi connectivity index (χ0n) is 16.4. The van der Waals surface area contributed by atoms with Crippen LogP contribution >= 0.6 is 27.5 Å². The third-order valence-electron chi connectivity index (χ3n) is 4.73. The Morgan fingerprint density at radius 2 is 2.04 bits per heavy atom. The maximum Gasteiger partial charge on any atom is 0.253 e. The molecule has 6 nitrogen and oxygen atoms in total. The van der Waals surface area contributed by atoms with Crippen LogP contribution in [0.4, 0.5) is 0 Å². The normalized spacial score (nSPS) is 11.1. The highest BCUT2D eigenvalue weighted by Gasteiger charge is 2.17. The fourth-order valence-corrected chi connectivity index (χ4v) is 3.70. The van der Waals surface area contributed by atoms with E-state index in [1.807, 2.05) is 54.4 Å². The molecule has 2 heterocycles. The van der Waals surface area contributed by atoms with E-state index in [2.05, 4.69) is 26.1 Å². The van der Waals surface area contributed by atoms with Crippen molar-refractivity contribution in [3.8, 4) is 0 Å². The van der Waals surface area contributed by atoms with Crippen LogP contribution in [0.3, 0.4) is 0 Å². The molecule has 28 heavy (non-hydrogen) atoms. The second-order valence-electron chi connectivity index (χ2n) is 6.76. The number of hydrogen-bond acceptors (Lipinski definition) is 3. The summed E-state index contributed by atoms with van der Waals surface area (Å²) in [7, 11) is 1.80. The smallest absolute Gasteiger partial charge is 0.253 e. The predicted molar refractivity (Wildman–Crippen MR) is 114 cm³/mol. The first-order valence-electron chi connectivity index (χ1n) is 9.05. The highest BCUT2D eigenvalue weighted by atomic mass is 79.9. The molecule has 0 saturated heterocycles. The lowest BCUT2D eigenvalue weighted by molar-refractivity contribution is 0.0781. The number of aromatic nitrogens is 4. The number of rotatable bonds is 6. The van der Waals surface area contributed by atoms with Crippen LogP contribution in [-0.2, 0) is 19.6 Å². The van der Waals surface area contributed by atoms with Crippen molar-refractivity contribution in [3.63, 3.8) is 0 Å². The van der Waals surface area contributed by atoms with Gasteiger partial charge in [-0.25, -0.2) is 0 Å². The van der Waals surface area contributed by atoms with E-state index < -0.39 is 0 Å². The molecular weight excluding hydrogens is 442 g/mol. The fraction of sp³-hybridized carbons (Fsp3) is 0.350. The van der Waals surface area contributed by atoms with Crippen LogP contribution < -0.4 is 0 Å². The molecule has 8 heteroatoms. The molecular formula is C20H23BrClN5O. The van der Waals surface area contributed by atoms with Crippen LogP contribution in [0.15, 0.2) is 34.9 Å². The minimum Gasteiger partial charge on any atom is -0.336 e. The summed E-state index contributed by atoms with van der Waals surface area (Å²) < 4.78 is 4.66. The van der Waals surface area contributed by atoms with E-state index in [4.69, 9.17) is 11.6 Å². The second kappa shape index (κ2) is 8.49. The van der Waals surface area contributed by atoms with Crippen molar-refractivity contribution in [1.29, 1.82) is 0 Å². The van der Waals surface area contributed by atoms with Gasteiger partial charge < -0.3 is 4.90 Å². The topological polar surface area (TPSA) is 56.0 Å². The van der Waals surface area contributed by atoms with Crippen LogP contribution in [0.1, 0.15) is 39.9 Å². The number of halogens is 2. The Morgan fingerprint density at radius 3 is 2.68 bits per heavy atom. The Balaban J connectivity index is 1.78. The zero-order chi connectivity index (χ0) is 20.4. The molecule has 0 aliphatic rings. The van der Waals surface area contributed by atoms with Gasteiger partial charge in [-0.15, -0.1) is 0 Å². The van der Waals surface area contributed by atoms with Crippen LogP contribution in [0, 0.1) is 13.8 Å². The van der Waals surface area contributed by atoms with Crippen molar-refractivity contribution in [2.24, 2.45) is 0 Å². The molecule has 0 unspecified atom stereocenters. The van der Waals surface area contributed by atoms with E-state index >= 15 is 0 Å². The first-order chi connectivity index (χ1) is 13.3. The molecule has 0 aliphatic heterocycles. The van der Waals surface area contributed by atoms with Crippen LogP contribution in [0.25, 0.3) is 0 Å². The number of amides is 1. The van der Waals surface area contributed by atoms with E-state index in [1.54, 1.807) is 18.1 Å². The maximum absolute atomic E-state index is 12.9. The van der Waals surface area contributed by atoms with Gasteiger partial charge in [-0.1, -0.05) is 23.7 Å². The van der Waals surface area contributed by atoms with Gasteiger partial charge in [-0.2, -0.15) is 10.2 Å². The van der Waals surface area contributed by atoms with E-state index in [1.165, 1.54) is 0 Å². The van der Waals surface area contributed by atoms with Gasteiger partial charge in [-0.05, 0) is 54.4 Å². The van der Waals surface area contributed by atoms with Crippen molar-refractivity contribution >= 4 is 33.4 Å². The van der Waals surface area contributed by atoms with Crippen LogP contribution in [0.5, 0.6) is 0 Å². The third kappa shape index (κ3) is 4.15. The molecule has 0 fully saturated rings. The maximum atomic E-state index is 12.9. The van der Waals surface area contributed by atoms with Crippen molar-refractivity contribution < 1.29 is 4.79 Å². The minimum absolute atomic E-state index is 0.0380. The molecule has 0 spiro atoms. The predicted octanol–water partition coefficient (Wildman–Crippen LogP) is 4.45. The summed E-state index contributed by atoms with van der Waals surface area (Å²) in [6.07, 6.45) is 1.76. The van der Waals surface area contributed by atoms with E-state index in [0.29, 0.717) is 23.7 Å². The largest absolute Gasteiger partial charge is 0.336 e. The lowest BCUT2D eigenvalue weighted by Gasteiger charge is -2.19. The van der Waals surface area contributed by atoms with Gasteiger partial charge in [0.05, 0.1) is 45.9 Å². The lowest BCUT2D eigenvalue weighted by atomic mass is 10.1. The molecule has 0 bridgehead atoms. The average Bonchev–Trinajstić information content (AvgIpc) is 3.15. The van der Waals surface area contributed by atoms with Gasteiger partial charge in [-0.3, -0.25) is 14.2 Å². The quantitative estimate of drug-likeness (QED) is 0.541. The molecule has 2 aromatic heterocycles. The standard InChI is InChI=1S/C20H23BrClN5O/c1-5-26-18(17(21)10-23-26)12-25(4)20(28)16-8-6-7-15(9-16)11-27-14(3)19(22)13(2)24-27/h6-10H,5,11-12H2,1-4H3. The summed E-state index contributed by atoms with van der Waals surface area (Å²) in [5.41, 5.74) is 4.36. The van der Waals surface area contributed by atoms with Gasteiger partial charge in [0.15, 0.2) is 0 Å². The Morgan fingerprint density at radius 1 is 1.29 bits per heavy atom. The number of hydrogen-bond donors (Lipinski definition) is 0. The zero-order valence-corrected chi connectivity index (χ0v) is 18.8. The van der Waals surface area contributed by atoms with E-state index in [-0.39, 0.29) is 5.91 Å². The van der Waals surface area contributed by atoms with Crippen molar-refractivity contribution in [3.05, 3.63) is 68.2 Å². The summed E-state index contributed by atoms with van der Waals surface area (Å²) in [6.45, 7) is 7.66. The second-order valence-corrected chi connectivity index (χ2v) is 7.99. The Hall–Kier alpha value is -2.12. The molecule has 0 saturated carbocycles. The fourth-order valence-electron chi connectivity index (χ4n) is 3.14. The average molecular weight is 465 g/mol. The molecule has 0 N–H and O–H groups in total. The van der Waals surface area contributed by atoms with Gasteiger partial charge >= 0.3 is 0 Å². The summed E-state index contributed by atoms with van der Waals surface area (Å²) in [4.78, 5) is 14.7. The minimum atomic E-state index is -0.0380. The van der Waals surface area contributed by atoms with Crippen LogP contribution in [0.2, 0.25) is 5.02 Å². The van der Waals surface area contributed by atoms with E-state index in [9.17, 15) is 4.79 Å². The number of nitrogens with zero attached hydrogens (tertiary/aromatic N) is 5. The van der Waals surface area contributed by atoms with Gasteiger partial charge in [0.25, 0.3) is 5.91 Å². The third-order valence-corrected chi connectivity index (χ3v) is 5.94. The van der Waals surface area contributed by atoms with Gasteiger partial charge in [0.2, 0.25) is 0 Å². The lowest BCUT2D eigenvalue weighted by Crippen LogP contribution is -2.27. The molecule has 0 radical (unpaired) electrons. The molecule has 1 aromatic carbocycles. The summed E-state index contributed by atoms with van der Waals surface area (Å²) in [6, 6.07) is 7.64.